The SMILES string of the molecule is CS(=O)(=O)NC(=O)c1ccc(OCC2CCN(CCc3cc(Cl)cc(Cl)c3)CC2)c(C2CC2)c1. The lowest BCUT2D eigenvalue weighted by Gasteiger charge is -2.32. The zero-order valence-corrected chi connectivity index (χ0v) is 21.6. The molecule has 4 rings (SSSR count). The van der Waals surface area contributed by atoms with Crippen LogP contribution in [0.4, 0.5) is 0 Å². The van der Waals surface area contributed by atoms with Crippen molar-refractivity contribution in [2.45, 2.75) is 38.0 Å². The summed E-state index contributed by atoms with van der Waals surface area (Å²) in [4.78, 5) is 14.7. The van der Waals surface area contributed by atoms with Gasteiger partial charge in [0.15, 0.2) is 0 Å². The van der Waals surface area contributed by atoms with Gasteiger partial charge in [0.05, 0.1) is 12.9 Å². The number of likely N-dealkylation sites (tertiary alicyclic amines) is 1. The van der Waals surface area contributed by atoms with Crippen molar-refractivity contribution >= 4 is 39.1 Å². The van der Waals surface area contributed by atoms with Crippen LogP contribution in [0.25, 0.3) is 0 Å². The minimum atomic E-state index is -3.60. The van der Waals surface area contributed by atoms with E-state index in [1.54, 1.807) is 24.3 Å². The fourth-order valence-electron chi connectivity index (χ4n) is 4.39. The first-order chi connectivity index (χ1) is 16.2. The molecule has 2 aliphatic rings. The molecule has 184 valence electrons. The first kappa shape index (κ1) is 25.3. The number of nitrogens with one attached hydrogen (secondary N) is 1. The third-order valence-electron chi connectivity index (χ3n) is 6.39. The maximum absolute atomic E-state index is 12.2. The summed E-state index contributed by atoms with van der Waals surface area (Å²) in [5, 5.41) is 1.35. The minimum Gasteiger partial charge on any atom is -0.493 e. The van der Waals surface area contributed by atoms with Gasteiger partial charge in [0.1, 0.15) is 5.75 Å². The fourth-order valence-corrected chi connectivity index (χ4v) is 5.41. The Morgan fingerprint density at radius 3 is 2.35 bits per heavy atom. The van der Waals surface area contributed by atoms with Gasteiger partial charge < -0.3 is 9.64 Å². The zero-order valence-electron chi connectivity index (χ0n) is 19.2. The van der Waals surface area contributed by atoms with E-state index in [2.05, 4.69) is 4.90 Å². The Bertz CT molecular complexity index is 1120. The summed E-state index contributed by atoms with van der Waals surface area (Å²) in [6.07, 6.45) is 6.16. The standard InChI is InChI=1S/C25H30Cl2N2O4S/c1-34(31,32)28-25(30)20-4-5-24(23(14-20)19-2-3-19)33-16-17-6-9-29(10-7-17)11-8-18-12-21(26)15-22(27)13-18/h4-5,12-15,17,19H,2-3,6-11,16H2,1H3,(H,28,30). The number of carbonyl (C=O) groups is 1. The number of piperidine rings is 1. The smallest absolute Gasteiger partial charge is 0.264 e. The monoisotopic (exact) mass is 524 g/mol. The van der Waals surface area contributed by atoms with Crippen LogP contribution in [0.15, 0.2) is 36.4 Å². The largest absolute Gasteiger partial charge is 0.493 e. The summed E-state index contributed by atoms with van der Waals surface area (Å²) >= 11 is 12.2. The van der Waals surface area contributed by atoms with Gasteiger partial charge >= 0.3 is 0 Å². The molecule has 34 heavy (non-hydrogen) atoms. The number of carbonyl (C=O) groups excluding carboxylic acids is 1. The van der Waals surface area contributed by atoms with Gasteiger partial charge in [-0.15, -0.1) is 0 Å². The highest BCUT2D eigenvalue weighted by Gasteiger charge is 2.29. The van der Waals surface area contributed by atoms with Crippen LogP contribution in [0.2, 0.25) is 10.0 Å². The number of hydrogen-bond acceptors (Lipinski definition) is 5. The summed E-state index contributed by atoms with van der Waals surface area (Å²) in [5.74, 6) is 1.06. The molecule has 1 saturated heterocycles. The van der Waals surface area contributed by atoms with Crippen LogP contribution in [0, 0.1) is 5.92 Å². The highest BCUT2D eigenvalue weighted by molar-refractivity contribution is 7.89. The van der Waals surface area contributed by atoms with Crippen molar-refractivity contribution in [1.29, 1.82) is 0 Å². The van der Waals surface area contributed by atoms with E-state index in [9.17, 15) is 13.2 Å². The maximum atomic E-state index is 12.2. The number of nitrogens with zero attached hydrogens (tertiary/aromatic N) is 1. The summed E-state index contributed by atoms with van der Waals surface area (Å²) in [6, 6.07) is 10.9. The van der Waals surface area contributed by atoms with E-state index in [0.717, 1.165) is 74.9 Å². The van der Waals surface area contributed by atoms with E-state index >= 15 is 0 Å². The lowest BCUT2D eigenvalue weighted by atomic mass is 9.97. The molecule has 1 aliphatic carbocycles. The molecule has 9 heteroatoms. The molecule has 1 N–H and O–H groups in total. The van der Waals surface area contributed by atoms with Gasteiger partial charge in [-0.3, -0.25) is 4.79 Å². The maximum Gasteiger partial charge on any atom is 0.264 e. The molecule has 2 aromatic carbocycles. The normalized spacial score (nSPS) is 17.5. The highest BCUT2D eigenvalue weighted by atomic mass is 35.5. The Morgan fingerprint density at radius 2 is 1.74 bits per heavy atom. The molecule has 2 fully saturated rings. The molecule has 1 aliphatic heterocycles. The lowest BCUT2D eigenvalue weighted by Crippen LogP contribution is -2.36. The average Bonchev–Trinajstić information content (AvgIpc) is 3.60. The van der Waals surface area contributed by atoms with Crippen LogP contribution in [0.1, 0.15) is 53.1 Å². The molecule has 6 nitrogen and oxygen atoms in total. The van der Waals surface area contributed by atoms with Gasteiger partial charge in [0, 0.05) is 22.2 Å². The van der Waals surface area contributed by atoms with Crippen LogP contribution in [0.3, 0.4) is 0 Å². The molecule has 0 unspecified atom stereocenters. The third-order valence-corrected chi connectivity index (χ3v) is 7.38. The number of amides is 1. The van der Waals surface area contributed by atoms with Gasteiger partial charge in [-0.05, 0) is 105 Å². The Labute approximate surface area is 211 Å². The van der Waals surface area contributed by atoms with Gasteiger partial charge in [-0.2, -0.15) is 0 Å². The van der Waals surface area contributed by atoms with Crippen LogP contribution in [-0.4, -0.2) is 51.7 Å². The quantitative estimate of drug-likeness (QED) is 0.505. The molecular weight excluding hydrogens is 495 g/mol. The molecule has 0 bridgehead atoms. The summed E-state index contributed by atoms with van der Waals surface area (Å²) in [7, 11) is -3.60. The number of hydrogen-bond donors (Lipinski definition) is 1. The van der Waals surface area contributed by atoms with E-state index in [1.807, 2.05) is 16.9 Å². The van der Waals surface area contributed by atoms with Crippen molar-refractivity contribution < 1.29 is 17.9 Å². The summed E-state index contributed by atoms with van der Waals surface area (Å²) < 4.78 is 31.0. The van der Waals surface area contributed by atoms with Gasteiger partial charge in [-0.1, -0.05) is 23.2 Å². The topological polar surface area (TPSA) is 75.7 Å². The van der Waals surface area contributed by atoms with Crippen LogP contribution < -0.4 is 9.46 Å². The van der Waals surface area contributed by atoms with Crippen molar-refractivity contribution in [2.75, 3.05) is 32.5 Å². The Morgan fingerprint density at radius 1 is 1.06 bits per heavy atom. The lowest BCUT2D eigenvalue weighted by molar-refractivity contribution is 0.0981. The number of halogens is 2. The van der Waals surface area contributed by atoms with Gasteiger partial charge in [0.25, 0.3) is 5.91 Å². The first-order valence-electron chi connectivity index (χ1n) is 11.6. The molecule has 0 spiro atoms. The molecule has 0 atom stereocenters. The first-order valence-corrected chi connectivity index (χ1v) is 14.3. The average molecular weight is 525 g/mol. The van der Waals surface area contributed by atoms with E-state index in [1.165, 1.54) is 0 Å². The van der Waals surface area contributed by atoms with Crippen LogP contribution >= 0.6 is 23.2 Å². The highest BCUT2D eigenvalue weighted by Crippen LogP contribution is 2.44. The predicted octanol–water partition coefficient (Wildman–Crippen LogP) is 4.89. The molecule has 0 aromatic heterocycles. The van der Waals surface area contributed by atoms with Crippen molar-refractivity contribution in [2.24, 2.45) is 5.92 Å². The number of rotatable bonds is 9. The summed E-state index contributed by atoms with van der Waals surface area (Å²) in [5.41, 5.74) is 2.50. The van der Waals surface area contributed by atoms with Gasteiger partial charge in [-0.25, -0.2) is 13.1 Å². The van der Waals surface area contributed by atoms with Crippen molar-refractivity contribution in [1.82, 2.24) is 9.62 Å². The van der Waals surface area contributed by atoms with E-state index < -0.39 is 15.9 Å². The Kier molecular flexibility index (Phi) is 8.08. The molecule has 1 amide bonds. The molecule has 1 saturated carbocycles. The van der Waals surface area contributed by atoms with Crippen molar-refractivity contribution in [3.05, 3.63) is 63.1 Å². The van der Waals surface area contributed by atoms with Crippen LogP contribution in [-0.2, 0) is 16.4 Å². The van der Waals surface area contributed by atoms with Gasteiger partial charge in [0.2, 0.25) is 10.0 Å². The summed E-state index contributed by atoms with van der Waals surface area (Å²) in [6.45, 7) is 3.68. The predicted molar refractivity (Wildman–Crippen MR) is 136 cm³/mol. The minimum absolute atomic E-state index is 0.342. The fraction of sp³-hybridized carbons (Fsp3) is 0.480. The Hall–Kier alpha value is -1.80. The zero-order chi connectivity index (χ0) is 24.3. The molecule has 1 heterocycles. The Balaban J connectivity index is 1.27. The van der Waals surface area contributed by atoms with Crippen molar-refractivity contribution in [3.8, 4) is 5.75 Å². The molecule has 0 radical (unpaired) electrons. The third kappa shape index (κ3) is 7.35. The number of sulfonamides is 1. The van der Waals surface area contributed by atoms with Crippen molar-refractivity contribution in [3.63, 3.8) is 0 Å². The van der Waals surface area contributed by atoms with E-state index in [-0.39, 0.29) is 0 Å². The second-order valence-electron chi connectivity index (χ2n) is 9.35. The second kappa shape index (κ2) is 10.9. The second-order valence-corrected chi connectivity index (χ2v) is 12.0. The molecular formula is C25H30Cl2N2O4S. The number of benzene rings is 2. The number of ether oxygens (including phenoxy) is 1. The van der Waals surface area contributed by atoms with Crippen LogP contribution in [0.5, 0.6) is 5.75 Å². The van der Waals surface area contributed by atoms with E-state index in [4.69, 9.17) is 27.9 Å². The molecule has 2 aromatic rings. The van der Waals surface area contributed by atoms with E-state index in [0.29, 0.717) is 34.1 Å².